The Labute approximate surface area is 237 Å². The molecule has 1 N–H and O–H groups in total. The van der Waals surface area contributed by atoms with Crippen molar-refractivity contribution in [3.05, 3.63) is 41.4 Å². The van der Waals surface area contributed by atoms with Crippen molar-refractivity contribution in [2.24, 2.45) is 0 Å². The number of likely N-dealkylation sites (tertiary alicyclic amines) is 1. The number of carbonyl (C=O) groups is 2. The van der Waals surface area contributed by atoms with Crippen LogP contribution < -0.4 is 4.72 Å². The summed E-state index contributed by atoms with van der Waals surface area (Å²) >= 11 is 6.03. The average Bonchev–Trinajstić information content (AvgIpc) is 3.25. The van der Waals surface area contributed by atoms with Gasteiger partial charge in [0, 0.05) is 50.3 Å². The molecule has 0 radical (unpaired) electrons. The van der Waals surface area contributed by atoms with Gasteiger partial charge >= 0.3 is 0 Å². The first-order valence-electron chi connectivity index (χ1n) is 13.7. The predicted octanol–water partition coefficient (Wildman–Crippen LogP) is 2.64. The topological polar surface area (TPSA) is 93.3 Å². The van der Waals surface area contributed by atoms with Gasteiger partial charge in [0.2, 0.25) is 21.8 Å². The molecule has 4 rings (SSSR count). The van der Waals surface area contributed by atoms with Gasteiger partial charge in [-0.15, -0.1) is 0 Å². The summed E-state index contributed by atoms with van der Waals surface area (Å²) in [6, 6.07) is 8.44. The second-order valence-corrected chi connectivity index (χ2v) is 13.1. The molecule has 214 valence electrons. The minimum atomic E-state index is -3.94. The van der Waals surface area contributed by atoms with Crippen molar-refractivity contribution in [3.8, 4) is 0 Å². The summed E-state index contributed by atoms with van der Waals surface area (Å²) in [7, 11) is -1.80. The van der Waals surface area contributed by atoms with Crippen molar-refractivity contribution in [3.63, 3.8) is 0 Å². The van der Waals surface area contributed by atoms with Crippen LogP contribution in [0.1, 0.15) is 33.6 Å². The van der Waals surface area contributed by atoms with Gasteiger partial charge in [-0.05, 0) is 82.2 Å². The lowest BCUT2D eigenvalue weighted by atomic mass is 10.1. The molecule has 2 aromatic carbocycles. The van der Waals surface area contributed by atoms with E-state index in [-0.39, 0.29) is 22.8 Å². The molecular weight excluding hydrogens is 538 g/mol. The summed E-state index contributed by atoms with van der Waals surface area (Å²) in [6.07, 6.45) is 1.18. The first-order valence-corrected chi connectivity index (χ1v) is 15.6. The fraction of sp³-hybridized carbons (Fsp3) is 0.571. The Kier molecular flexibility index (Phi) is 9.54. The third-order valence-electron chi connectivity index (χ3n) is 7.82. The number of rotatable bonds is 10. The van der Waals surface area contributed by atoms with E-state index in [1.54, 1.807) is 37.3 Å². The molecule has 0 bridgehead atoms. The number of likely N-dealkylation sites (N-methyl/N-ethyl adjacent to an activating group) is 1. The Balaban J connectivity index is 1.36. The van der Waals surface area contributed by atoms with Crippen molar-refractivity contribution in [1.29, 1.82) is 0 Å². The maximum atomic E-state index is 13.5. The molecular formula is C28H40ClN5O4S. The predicted molar refractivity (Wildman–Crippen MR) is 154 cm³/mol. The van der Waals surface area contributed by atoms with Gasteiger partial charge in [0.05, 0.1) is 4.90 Å². The van der Waals surface area contributed by atoms with Gasteiger partial charge in [0.25, 0.3) is 0 Å². The molecule has 0 aromatic heterocycles. The number of carbonyl (C=O) groups excluding carboxylic acids is 2. The van der Waals surface area contributed by atoms with E-state index in [1.165, 1.54) is 11.0 Å². The minimum Gasteiger partial charge on any atom is -0.338 e. The lowest BCUT2D eigenvalue weighted by Crippen LogP contribution is -2.52. The van der Waals surface area contributed by atoms with Crippen LogP contribution in [0.25, 0.3) is 10.8 Å². The van der Waals surface area contributed by atoms with Gasteiger partial charge in [-0.1, -0.05) is 23.7 Å². The van der Waals surface area contributed by atoms with Crippen LogP contribution in [-0.4, -0.2) is 111 Å². The van der Waals surface area contributed by atoms with E-state index >= 15 is 0 Å². The van der Waals surface area contributed by atoms with Crippen LogP contribution in [0.4, 0.5) is 0 Å². The number of nitrogens with zero attached hydrogens (tertiary/aromatic N) is 4. The minimum absolute atomic E-state index is 0.00206. The molecule has 11 heteroatoms. The van der Waals surface area contributed by atoms with Gasteiger partial charge in [0.15, 0.2) is 0 Å². The molecule has 0 spiro atoms. The van der Waals surface area contributed by atoms with Crippen molar-refractivity contribution in [2.45, 2.75) is 56.6 Å². The van der Waals surface area contributed by atoms with Gasteiger partial charge in [0.1, 0.15) is 12.1 Å². The van der Waals surface area contributed by atoms with E-state index in [0.717, 1.165) is 49.9 Å². The van der Waals surface area contributed by atoms with E-state index in [2.05, 4.69) is 21.6 Å². The number of hydrogen-bond donors (Lipinski definition) is 1. The Morgan fingerprint density at radius 2 is 1.72 bits per heavy atom. The molecule has 0 unspecified atom stereocenters. The van der Waals surface area contributed by atoms with Crippen LogP contribution in [0.2, 0.25) is 5.02 Å². The molecule has 0 aliphatic carbocycles. The largest absolute Gasteiger partial charge is 0.338 e. The summed E-state index contributed by atoms with van der Waals surface area (Å²) in [5, 5.41) is 2.14. The van der Waals surface area contributed by atoms with E-state index in [9.17, 15) is 18.0 Å². The zero-order valence-corrected chi connectivity index (χ0v) is 24.8. The molecule has 2 atom stereocenters. The molecule has 0 saturated carbocycles. The Bertz CT molecular complexity index is 1300. The second-order valence-electron chi connectivity index (χ2n) is 10.9. The summed E-state index contributed by atoms with van der Waals surface area (Å²) in [5.41, 5.74) is 0. The van der Waals surface area contributed by atoms with Gasteiger partial charge in [-0.2, -0.15) is 4.72 Å². The van der Waals surface area contributed by atoms with E-state index in [4.69, 9.17) is 11.6 Å². The summed E-state index contributed by atoms with van der Waals surface area (Å²) in [6.45, 7) is 11.8. The zero-order valence-electron chi connectivity index (χ0n) is 23.3. The van der Waals surface area contributed by atoms with Crippen molar-refractivity contribution < 1.29 is 18.0 Å². The van der Waals surface area contributed by atoms with E-state index in [0.29, 0.717) is 24.5 Å². The lowest BCUT2D eigenvalue weighted by Gasteiger charge is -2.35. The summed E-state index contributed by atoms with van der Waals surface area (Å²) in [4.78, 5) is 34.9. The number of hydrogen-bond acceptors (Lipinski definition) is 6. The maximum absolute atomic E-state index is 13.5. The number of halogens is 1. The molecule has 2 fully saturated rings. The van der Waals surface area contributed by atoms with Gasteiger partial charge < -0.3 is 19.6 Å². The molecule has 9 nitrogen and oxygen atoms in total. The highest BCUT2D eigenvalue weighted by molar-refractivity contribution is 7.89. The van der Waals surface area contributed by atoms with E-state index in [1.807, 2.05) is 18.7 Å². The first kappa shape index (κ1) is 29.7. The second kappa shape index (κ2) is 12.5. The number of nitrogens with one attached hydrogen (secondary N) is 1. The third-order valence-corrected chi connectivity index (χ3v) is 9.53. The fourth-order valence-electron chi connectivity index (χ4n) is 5.35. The highest BCUT2D eigenvalue weighted by atomic mass is 35.5. The van der Waals surface area contributed by atoms with Crippen LogP contribution in [0.15, 0.2) is 41.3 Å². The Hall–Kier alpha value is -2.24. The monoisotopic (exact) mass is 577 g/mol. The molecule has 2 amide bonds. The lowest BCUT2D eigenvalue weighted by molar-refractivity contribution is -0.144. The standard InChI is InChI=1S/C28H40ClN5O4S/c1-20(2)33(12-5-11-32-16-14-31(4)15-17-32)27(35)21(3)34-13-10-26(28(34)36)30-39(37,38)25-9-7-22-18-24(29)8-6-23(22)19-25/h6-9,18-21,26,30H,5,10-17H2,1-4H3/t21-,26-/m0/s1. The molecule has 2 heterocycles. The molecule has 2 aromatic rings. The normalized spacial score (nSPS) is 20.2. The fourth-order valence-corrected chi connectivity index (χ4v) is 6.78. The number of sulfonamides is 1. The SMILES string of the molecule is CC(C)N(CCCN1CCN(C)CC1)C(=O)[C@H](C)N1CC[C@H](NS(=O)(=O)c2ccc3cc(Cl)ccc3c2)C1=O. The summed E-state index contributed by atoms with van der Waals surface area (Å²) in [5.74, 6) is -0.471. The number of amides is 2. The number of fused-ring (bicyclic) bond motifs is 1. The summed E-state index contributed by atoms with van der Waals surface area (Å²) < 4.78 is 28.8. The van der Waals surface area contributed by atoms with Crippen molar-refractivity contribution in [1.82, 2.24) is 24.3 Å². The van der Waals surface area contributed by atoms with Crippen molar-refractivity contribution >= 4 is 44.2 Å². The Morgan fingerprint density at radius 3 is 2.41 bits per heavy atom. The number of piperazine rings is 1. The van der Waals surface area contributed by atoms with Crippen LogP contribution in [0.3, 0.4) is 0 Å². The quantitative estimate of drug-likeness (QED) is 0.467. The van der Waals surface area contributed by atoms with Crippen molar-refractivity contribution in [2.75, 3.05) is 52.9 Å². The van der Waals surface area contributed by atoms with Crippen LogP contribution in [0, 0.1) is 0 Å². The maximum Gasteiger partial charge on any atom is 0.245 e. The van der Waals surface area contributed by atoms with Crippen LogP contribution in [-0.2, 0) is 19.6 Å². The Morgan fingerprint density at radius 1 is 1.05 bits per heavy atom. The zero-order chi connectivity index (χ0) is 28.3. The average molecular weight is 578 g/mol. The van der Waals surface area contributed by atoms with Crippen LogP contribution in [0.5, 0.6) is 0 Å². The van der Waals surface area contributed by atoms with E-state index < -0.39 is 22.1 Å². The van der Waals surface area contributed by atoms with Gasteiger partial charge in [-0.25, -0.2) is 8.42 Å². The smallest absolute Gasteiger partial charge is 0.245 e. The highest BCUT2D eigenvalue weighted by Gasteiger charge is 2.40. The molecule has 2 saturated heterocycles. The highest BCUT2D eigenvalue weighted by Crippen LogP contribution is 2.24. The van der Waals surface area contributed by atoms with Gasteiger partial charge in [-0.3, -0.25) is 9.59 Å². The van der Waals surface area contributed by atoms with Crippen LogP contribution >= 0.6 is 11.6 Å². The molecule has 2 aliphatic rings. The third kappa shape index (κ3) is 7.10. The molecule has 2 aliphatic heterocycles. The molecule has 39 heavy (non-hydrogen) atoms. The first-order chi connectivity index (χ1) is 18.5. The number of benzene rings is 2.